The number of carbonyl (C=O) groups excluding carboxylic acids is 1. The number of amides is 1. The molecule has 14 heavy (non-hydrogen) atoms. The molecule has 1 N–H and O–H groups in total. The summed E-state index contributed by atoms with van der Waals surface area (Å²) in [4.78, 5) is 13.0. The average molecular weight is 197 g/mol. The quantitative estimate of drug-likeness (QED) is 0.751. The number of rotatable bonds is 4. The van der Waals surface area contributed by atoms with E-state index in [-0.39, 0.29) is 11.9 Å². The molecule has 1 rings (SSSR count). The summed E-state index contributed by atoms with van der Waals surface area (Å²) in [5, 5.41) is 6.78. The van der Waals surface area contributed by atoms with Crippen molar-refractivity contribution in [2.24, 2.45) is 0 Å². The summed E-state index contributed by atoms with van der Waals surface area (Å²) < 4.78 is 4.67. The lowest BCUT2D eigenvalue weighted by molar-refractivity contribution is -0.130. The number of hydrogen-bond donors (Lipinski definition) is 1. The smallest absolute Gasteiger partial charge is 0.238 e. The van der Waals surface area contributed by atoms with Crippen LogP contribution in [0, 0.1) is 0 Å². The number of likely N-dealkylation sites (N-methyl/N-ethyl adjacent to an activating group) is 1. The second-order valence-corrected chi connectivity index (χ2v) is 3.33. The summed E-state index contributed by atoms with van der Waals surface area (Å²) in [6.07, 6.45) is 1.51. The first-order chi connectivity index (χ1) is 6.61. The maximum atomic E-state index is 11.4. The molecule has 78 valence electrons. The summed E-state index contributed by atoms with van der Waals surface area (Å²) in [6, 6.07) is 1.56. The Morgan fingerprint density at radius 1 is 1.71 bits per heavy atom. The van der Waals surface area contributed by atoms with Gasteiger partial charge < -0.3 is 14.7 Å². The van der Waals surface area contributed by atoms with E-state index in [1.807, 2.05) is 6.92 Å². The zero-order valence-electron chi connectivity index (χ0n) is 8.65. The molecule has 1 heterocycles. The number of carbonyl (C=O) groups is 1. The SMILES string of the molecule is CC(NCc1ccon1)C(=O)N(C)C. The van der Waals surface area contributed by atoms with E-state index in [9.17, 15) is 4.79 Å². The average Bonchev–Trinajstić information content (AvgIpc) is 2.65. The van der Waals surface area contributed by atoms with E-state index in [4.69, 9.17) is 0 Å². The lowest BCUT2D eigenvalue weighted by Crippen LogP contribution is -2.41. The maximum Gasteiger partial charge on any atom is 0.238 e. The molecule has 0 fully saturated rings. The van der Waals surface area contributed by atoms with Crippen LogP contribution in [0.4, 0.5) is 0 Å². The van der Waals surface area contributed by atoms with Gasteiger partial charge in [-0.2, -0.15) is 0 Å². The van der Waals surface area contributed by atoms with Crippen LogP contribution in [0.15, 0.2) is 16.9 Å². The Morgan fingerprint density at radius 3 is 2.93 bits per heavy atom. The standard InChI is InChI=1S/C9H15N3O2/c1-7(9(13)12(2)3)10-6-8-4-5-14-11-8/h4-5,7,10H,6H2,1-3H3. The number of nitrogens with zero attached hydrogens (tertiary/aromatic N) is 2. The highest BCUT2D eigenvalue weighted by molar-refractivity contribution is 5.80. The Kier molecular flexibility index (Phi) is 3.64. The van der Waals surface area contributed by atoms with Crippen molar-refractivity contribution in [2.45, 2.75) is 19.5 Å². The van der Waals surface area contributed by atoms with Crippen molar-refractivity contribution in [2.75, 3.05) is 14.1 Å². The van der Waals surface area contributed by atoms with Crippen LogP contribution in [-0.2, 0) is 11.3 Å². The van der Waals surface area contributed by atoms with Crippen LogP contribution in [0.3, 0.4) is 0 Å². The van der Waals surface area contributed by atoms with Gasteiger partial charge >= 0.3 is 0 Å². The van der Waals surface area contributed by atoms with E-state index in [1.165, 1.54) is 6.26 Å². The van der Waals surface area contributed by atoms with Crippen LogP contribution in [0.25, 0.3) is 0 Å². The second kappa shape index (κ2) is 4.76. The molecule has 0 bridgehead atoms. The number of nitrogens with one attached hydrogen (secondary N) is 1. The minimum Gasteiger partial charge on any atom is -0.364 e. The molecule has 0 aromatic carbocycles. The molecule has 5 heteroatoms. The third-order valence-electron chi connectivity index (χ3n) is 1.89. The van der Waals surface area contributed by atoms with Crippen molar-refractivity contribution in [1.29, 1.82) is 0 Å². The first-order valence-electron chi connectivity index (χ1n) is 4.45. The summed E-state index contributed by atoms with van der Waals surface area (Å²) >= 11 is 0. The Morgan fingerprint density at radius 2 is 2.43 bits per heavy atom. The summed E-state index contributed by atoms with van der Waals surface area (Å²) in [5.74, 6) is 0.0495. The van der Waals surface area contributed by atoms with E-state index >= 15 is 0 Å². The Hall–Kier alpha value is -1.36. The molecule has 1 amide bonds. The molecule has 0 aliphatic carbocycles. The normalized spacial score (nSPS) is 12.5. The first kappa shape index (κ1) is 10.7. The van der Waals surface area contributed by atoms with Gasteiger partial charge in [-0.25, -0.2) is 0 Å². The van der Waals surface area contributed by atoms with E-state index in [1.54, 1.807) is 25.1 Å². The van der Waals surface area contributed by atoms with Crippen LogP contribution in [0.1, 0.15) is 12.6 Å². The summed E-state index contributed by atoms with van der Waals surface area (Å²) in [7, 11) is 3.47. The molecule has 0 saturated heterocycles. The lowest BCUT2D eigenvalue weighted by atomic mass is 10.3. The molecule has 1 unspecified atom stereocenters. The van der Waals surface area contributed by atoms with Gasteiger partial charge in [0.25, 0.3) is 0 Å². The third kappa shape index (κ3) is 2.85. The number of aromatic nitrogens is 1. The van der Waals surface area contributed by atoms with Crippen LogP contribution in [-0.4, -0.2) is 36.1 Å². The van der Waals surface area contributed by atoms with Gasteiger partial charge in [0.15, 0.2) is 0 Å². The van der Waals surface area contributed by atoms with Crippen molar-refractivity contribution in [3.8, 4) is 0 Å². The van der Waals surface area contributed by atoms with Crippen LogP contribution in [0.5, 0.6) is 0 Å². The molecule has 1 aromatic heterocycles. The minimum atomic E-state index is -0.207. The first-order valence-corrected chi connectivity index (χ1v) is 4.45. The monoisotopic (exact) mass is 197 g/mol. The van der Waals surface area contributed by atoms with Crippen molar-refractivity contribution < 1.29 is 9.32 Å². The highest BCUT2D eigenvalue weighted by atomic mass is 16.5. The van der Waals surface area contributed by atoms with Crippen LogP contribution in [0.2, 0.25) is 0 Å². The topological polar surface area (TPSA) is 58.4 Å². The second-order valence-electron chi connectivity index (χ2n) is 3.33. The highest BCUT2D eigenvalue weighted by Crippen LogP contribution is 1.95. The van der Waals surface area contributed by atoms with Crippen molar-refractivity contribution in [3.05, 3.63) is 18.0 Å². The Bertz CT molecular complexity index is 282. The van der Waals surface area contributed by atoms with Gasteiger partial charge in [-0.05, 0) is 6.92 Å². The highest BCUT2D eigenvalue weighted by Gasteiger charge is 2.13. The van der Waals surface area contributed by atoms with Crippen molar-refractivity contribution in [3.63, 3.8) is 0 Å². The lowest BCUT2D eigenvalue weighted by Gasteiger charge is -2.17. The Labute approximate surface area is 83.1 Å². The van der Waals surface area contributed by atoms with Gasteiger partial charge in [0.05, 0.1) is 11.7 Å². The summed E-state index contributed by atoms with van der Waals surface area (Å²) in [5.41, 5.74) is 0.795. The van der Waals surface area contributed by atoms with Gasteiger partial charge in [0.2, 0.25) is 5.91 Å². The molecule has 0 aliphatic heterocycles. The van der Waals surface area contributed by atoms with Gasteiger partial charge in [-0.1, -0.05) is 5.16 Å². The molecule has 0 spiro atoms. The molecular formula is C9H15N3O2. The third-order valence-corrected chi connectivity index (χ3v) is 1.89. The Balaban J connectivity index is 2.35. The van der Waals surface area contributed by atoms with Gasteiger partial charge in [0.1, 0.15) is 6.26 Å². The summed E-state index contributed by atoms with van der Waals surface area (Å²) in [6.45, 7) is 2.36. The van der Waals surface area contributed by atoms with Gasteiger partial charge in [-0.3, -0.25) is 4.79 Å². The van der Waals surface area contributed by atoms with Gasteiger partial charge in [-0.15, -0.1) is 0 Å². The van der Waals surface area contributed by atoms with E-state index in [0.29, 0.717) is 6.54 Å². The van der Waals surface area contributed by atoms with E-state index < -0.39 is 0 Å². The number of hydrogen-bond acceptors (Lipinski definition) is 4. The van der Waals surface area contributed by atoms with Crippen LogP contribution >= 0.6 is 0 Å². The molecule has 0 saturated carbocycles. The minimum absolute atomic E-state index is 0.0495. The molecular weight excluding hydrogens is 182 g/mol. The van der Waals surface area contributed by atoms with Crippen molar-refractivity contribution >= 4 is 5.91 Å². The fraction of sp³-hybridized carbons (Fsp3) is 0.556. The van der Waals surface area contributed by atoms with Crippen LogP contribution < -0.4 is 5.32 Å². The fourth-order valence-corrected chi connectivity index (χ4v) is 1.06. The predicted octanol–water partition coefficient (Wildman–Crippen LogP) is 0.241. The predicted molar refractivity (Wildman–Crippen MR) is 51.5 cm³/mol. The van der Waals surface area contributed by atoms with E-state index in [0.717, 1.165) is 5.69 Å². The zero-order valence-corrected chi connectivity index (χ0v) is 8.65. The molecule has 1 atom stereocenters. The van der Waals surface area contributed by atoms with E-state index in [2.05, 4.69) is 15.0 Å². The van der Waals surface area contributed by atoms with Gasteiger partial charge in [0, 0.05) is 26.7 Å². The maximum absolute atomic E-state index is 11.4. The molecule has 5 nitrogen and oxygen atoms in total. The molecule has 0 radical (unpaired) electrons. The van der Waals surface area contributed by atoms with Crippen molar-refractivity contribution in [1.82, 2.24) is 15.4 Å². The molecule has 0 aliphatic rings. The molecule has 1 aromatic rings. The zero-order chi connectivity index (χ0) is 10.6. The largest absolute Gasteiger partial charge is 0.364 e. The fourth-order valence-electron chi connectivity index (χ4n) is 1.06.